The van der Waals surface area contributed by atoms with Crippen molar-refractivity contribution in [2.75, 3.05) is 11.9 Å². The maximum Gasteiger partial charge on any atom is 0.238 e. The Labute approximate surface area is 138 Å². The fourth-order valence-corrected chi connectivity index (χ4v) is 2.56. The third-order valence-electron chi connectivity index (χ3n) is 3.52. The minimum absolute atomic E-state index is 0.0358. The minimum atomic E-state index is -0.942. The number of para-hydroxylation sites is 2. The normalized spacial score (nSPS) is 12.3. The summed E-state index contributed by atoms with van der Waals surface area (Å²) in [7, 11) is 0. The van der Waals surface area contributed by atoms with Crippen molar-refractivity contribution >= 4 is 34.1 Å². The lowest BCUT2D eigenvalue weighted by molar-refractivity contribution is -0.116. The number of hydrogen-bond acceptors (Lipinski definition) is 3. The number of aliphatic hydroxyl groups is 1. The molecule has 6 heteroatoms. The largest absolute Gasteiger partial charge is 0.374 e. The van der Waals surface area contributed by atoms with Gasteiger partial charge in [-0.25, -0.2) is 0 Å². The second-order valence-electron chi connectivity index (χ2n) is 5.10. The molecule has 0 radical (unpaired) electrons. The van der Waals surface area contributed by atoms with Gasteiger partial charge in [0.15, 0.2) is 0 Å². The molecule has 0 aliphatic rings. The van der Waals surface area contributed by atoms with E-state index in [2.05, 4.69) is 15.6 Å². The number of amides is 1. The van der Waals surface area contributed by atoms with Crippen LogP contribution in [-0.2, 0) is 4.79 Å². The molecule has 0 saturated carbocycles. The Morgan fingerprint density at radius 2 is 1.91 bits per heavy atom. The zero-order valence-electron chi connectivity index (χ0n) is 12.2. The second kappa shape index (κ2) is 6.83. The Hall–Kier alpha value is -2.34. The highest BCUT2D eigenvalue weighted by molar-refractivity contribution is 6.33. The van der Waals surface area contributed by atoms with E-state index < -0.39 is 6.23 Å². The molecule has 23 heavy (non-hydrogen) atoms. The second-order valence-corrected chi connectivity index (χ2v) is 5.51. The molecule has 5 nitrogen and oxygen atoms in total. The number of aromatic amines is 1. The van der Waals surface area contributed by atoms with Gasteiger partial charge in [-0.2, -0.15) is 0 Å². The summed E-state index contributed by atoms with van der Waals surface area (Å²) in [4.78, 5) is 15.0. The smallest absolute Gasteiger partial charge is 0.238 e. The fourth-order valence-electron chi connectivity index (χ4n) is 2.38. The predicted molar refractivity (Wildman–Crippen MR) is 91.3 cm³/mol. The van der Waals surface area contributed by atoms with E-state index in [0.717, 1.165) is 10.9 Å². The highest BCUT2D eigenvalue weighted by Crippen LogP contribution is 2.23. The summed E-state index contributed by atoms with van der Waals surface area (Å²) < 4.78 is 0. The molecule has 0 saturated heterocycles. The van der Waals surface area contributed by atoms with E-state index in [4.69, 9.17) is 11.6 Å². The number of fused-ring (bicyclic) bond motifs is 1. The van der Waals surface area contributed by atoms with Gasteiger partial charge in [0.25, 0.3) is 0 Å². The van der Waals surface area contributed by atoms with Crippen LogP contribution in [-0.4, -0.2) is 22.5 Å². The van der Waals surface area contributed by atoms with Gasteiger partial charge in [0.1, 0.15) is 6.23 Å². The Balaban J connectivity index is 1.61. The van der Waals surface area contributed by atoms with Crippen molar-refractivity contribution in [1.29, 1.82) is 0 Å². The Morgan fingerprint density at radius 3 is 2.74 bits per heavy atom. The maximum absolute atomic E-state index is 12.0. The monoisotopic (exact) mass is 329 g/mol. The van der Waals surface area contributed by atoms with Crippen LogP contribution in [0.1, 0.15) is 11.8 Å². The zero-order chi connectivity index (χ0) is 16.2. The van der Waals surface area contributed by atoms with E-state index in [-0.39, 0.29) is 12.5 Å². The van der Waals surface area contributed by atoms with E-state index in [1.807, 2.05) is 24.3 Å². The van der Waals surface area contributed by atoms with Crippen LogP contribution in [0.2, 0.25) is 5.02 Å². The number of anilines is 1. The standard InChI is InChI=1S/C17H16ClN3O2/c18-13-6-2-4-8-15(13)21-16(22)10-20-17(23)12-9-19-14-7-3-1-5-11(12)14/h1-9,17,19-20,23H,10H2,(H,21,22). The maximum atomic E-state index is 12.0. The summed E-state index contributed by atoms with van der Waals surface area (Å²) in [6.07, 6.45) is 0.789. The summed E-state index contributed by atoms with van der Waals surface area (Å²) in [5, 5.41) is 17.1. The highest BCUT2D eigenvalue weighted by atomic mass is 35.5. The first-order chi connectivity index (χ1) is 11.1. The lowest BCUT2D eigenvalue weighted by Gasteiger charge is -2.13. The number of rotatable bonds is 5. The predicted octanol–water partition coefficient (Wildman–Crippen LogP) is 3.04. The summed E-state index contributed by atoms with van der Waals surface area (Å²) >= 11 is 5.99. The zero-order valence-corrected chi connectivity index (χ0v) is 13.0. The molecule has 1 atom stereocenters. The molecule has 118 valence electrons. The molecule has 1 unspecified atom stereocenters. The van der Waals surface area contributed by atoms with Crippen LogP contribution in [0, 0.1) is 0 Å². The number of halogens is 1. The number of aromatic nitrogens is 1. The van der Waals surface area contributed by atoms with E-state index in [1.165, 1.54) is 0 Å². The van der Waals surface area contributed by atoms with Gasteiger partial charge in [-0.15, -0.1) is 0 Å². The third-order valence-corrected chi connectivity index (χ3v) is 3.85. The van der Waals surface area contributed by atoms with Gasteiger partial charge in [0, 0.05) is 22.7 Å². The van der Waals surface area contributed by atoms with E-state index in [0.29, 0.717) is 16.3 Å². The van der Waals surface area contributed by atoms with E-state index in [9.17, 15) is 9.90 Å². The van der Waals surface area contributed by atoms with Gasteiger partial charge in [0.05, 0.1) is 17.3 Å². The average Bonchev–Trinajstić information content (AvgIpc) is 2.99. The van der Waals surface area contributed by atoms with Gasteiger partial charge >= 0.3 is 0 Å². The molecule has 0 fully saturated rings. The summed E-state index contributed by atoms with van der Waals surface area (Å²) in [5.41, 5.74) is 2.18. The summed E-state index contributed by atoms with van der Waals surface area (Å²) in [5.74, 6) is -0.281. The number of aliphatic hydroxyl groups excluding tert-OH is 1. The molecule has 1 heterocycles. The molecule has 0 aliphatic heterocycles. The van der Waals surface area contributed by atoms with Crippen LogP contribution < -0.4 is 10.6 Å². The van der Waals surface area contributed by atoms with Crippen molar-refractivity contribution in [3.8, 4) is 0 Å². The van der Waals surface area contributed by atoms with Crippen LogP contribution in [0.5, 0.6) is 0 Å². The summed E-state index contributed by atoms with van der Waals surface area (Å²) in [6, 6.07) is 14.6. The lowest BCUT2D eigenvalue weighted by atomic mass is 10.1. The average molecular weight is 330 g/mol. The molecule has 2 aromatic carbocycles. The van der Waals surface area contributed by atoms with Crippen LogP contribution in [0.3, 0.4) is 0 Å². The van der Waals surface area contributed by atoms with Crippen molar-refractivity contribution < 1.29 is 9.90 Å². The molecule has 0 aliphatic carbocycles. The van der Waals surface area contributed by atoms with Crippen molar-refractivity contribution in [2.24, 2.45) is 0 Å². The number of carbonyl (C=O) groups is 1. The molecule has 3 rings (SSSR count). The van der Waals surface area contributed by atoms with Gasteiger partial charge in [-0.1, -0.05) is 41.9 Å². The van der Waals surface area contributed by atoms with Crippen molar-refractivity contribution in [3.05, 3.63) is 65.3 Å². The topological polar surface area (TPSA) is 77.2 Å². The van der Waals surface area contributed by atoms with E-state index >= 15 is 0 Å². The Morgan fingerprint density at radius 1 is 1.17 bits per heavy atom. The van der Waals surface area contributed by atoms with Crippen LogP contribution in [0.15, 0.2) is 54.7 Å². The Bertz CT molecular complexity index is 831. The number of benzene rings is 2. The number of nitrogens with one attached hydrogen (secondary N) is 3. The molecule has 1 amide bonds. The SMILES string of the molecule is O=C(CNC(O)c1c[nH]c2ccccc12)Nc1ccccc1Cl. The summed E-state index contributed by atoms with van der Waals surface area (Å²) in [6.45, 7) is -0.0358. The molecular formula is C17H16ClN3O2. The lowest BCUT2D eigenvalue weighted by Crippen LogP contribution is -2.31. The first kappa shape index (κ1) is 15.6. The molecule has 0 bridgehead atoms. The quantitative estimate of drug-likeness (QED) is 0.543. The van der Waals surface area contributed by atoms with Gasteiger partial charge in [-0.05, 0) is 18.2 Å². The minimum Gasteiger partial charge on any atom is -0.374 e. The van der Waals surface area contributed by atoms with Crippen molar-refractivity contribution in [2.45, 2.75) is 6.23 Å². The fraction of sp³-hybridized carbons (Fsp3) is 0.118. The van der Waals surface area contributed by atoms with Gasteiger partial charge < -0.3 is 15.4 Å². The first-order valence-corrected chi connectivity index (χ1v) is 7.55. The molecule has 0 spiro atoms. The first-order valence-electron chi connectivity index (χ1n) is 7.17. The molecular weight excluding hydrogens is 314 g/mol. The van der Waals surface area contributed by atoms with Crippen LogP contribution in [0.25, 0.3) is 10.9 Å². The van der Waals surface area contributed by atoms with Crippen LogP contribution >= 0.6 is 11.6 Å². The molecule has 3 aromatic rings. The Kier molecular flexibility index (Phi) is 4.62. The molecule has 4 N–H and O–H groups in total. The van der Waals surface area contributed by atoms with Gasteiger partial charge in [-0.3, -0.25) is 10.1 Å². The van der Waals surface area contributed by atoms with E-state index in [1.54, 1.807) is 30.5 Å². The third kappa shape index (κ3) is 3.53. The molecule has 1 aromatic heterocycles. The highest BCUT2D eigenvalue weighted by Gasteiger charge is 2.14. The number of hydrogen-bond donors (Lipinski definition) is 4. The number of H-pyrrole nitrogens is 1. The number of carbonyl (C=O) groups excluding carboxylic acids is 1. The van der Waals surface area contributed by atoms with Crippen molar-refractivity contribution in [3.63, 3.8) is 0 Å². The van der Waals surface area contributed by atoms with Crippen molar-refractivity contribution in [1.82, 2.24) is 10.3 Å². The van der Waals surface area contributed by atoms with Crippen LogP contribution in [0.4, 0.5) is 5.69 Å². The van der Waals surface area contributed by atoms with Gasteiger partial charge in [0.2, 0.25) is 5.91 Å².